The fourth-order valence-electron chi connectivity index (χ4n) is 20.2. The normalized spacial score (nSPS) is 26.5. The van der Waals surface area contributed by atoms with E-state index in [1.807, 2.05) is 0 Å². The number of hydrogen-bond acceptors (Lipinski definition) is 0. The van der Waals surface area contributed by atoms with E-state index in [0.717, 1.165) is 32.1 Å². The van der Waals surface area contributed by atoms with Gasteiger partial charge in [-0.25, -0.2) is 0 Å². The standard InChI is InChI=1S/C68H44/c1-5-65-39-17-9-13-31-29-32-14-10-18-40-48(32)59(47(31)39)63-55-43(65)25-21-35-37-23-27-45-57-53(37)62-54-38(36-22-26-44(66(40,65)6-2)56(63)52(36)61(62)51(35)55)24-28-46-58(54)64(57)60-49-33-15-11-19-41(49)67(45,7-3)68(46,8-4)42-20-12-16-34(30-33)50(42)60/h9-15,17-30,34H,5-8,16H2,1-4H3. The van der Waals surface area contributed by atoms with Gasteiger partial charge in [0.2, 0.25) is 0 Å². The van der Waals surface area contributed by atoms with Crippen LogP contribution < -0.4 is 10.4 Å². The number of allylic oxidation sites excluding steroid dienone is 4. The predicted molar refractivity (Wildman–Crippen MR) is 285 cm³/mol. The molecule has 0 saturated carbocycles. The summed E-state index contributed by atoms with van der Waals surface area (Å²) < 4.78 is 0. The third-order valence-corrected chi connectivity index (χ3v) is 21.7. The molecule has 0 aliphatic heterocycles. The largest absolute Gasteiger partial charge is 0.0833 e. The maximum absolute atomic E-state index is 2.69. The lowest BCUT2D eigenvalue weighted by Gasteiger charge is -2.53. The Morgan fingerprint density at radius 2 is 0.853 bits per heavy atom. The minimum atomic E-state index is -0.284. The average Bonchev–Trinajstić information content (AvgIpc) is 3.82. The number of rotatable bonds is 4. The van der Waals surface area contributed by atoms with Crippen molar-refractivity contribution in [3.63, 3.8) is 0 Å². The highest BCUT2D eigenvalue weighted by molar-refractivity contribution is 6.53. The van der Waals surface area contributed by atoms with Crippen LogP contribution in [0.15, 0.2) is 132 Å². The summed E-state index contributed by atoms with van der Waals surface area (Å²) in [6.07, 6.45) is 13.0. The van der Waals surface area contributed by atoms with Crippen LogP contribution in [0.1, 0.15) is 104 Å². The Bertz CT molecular complexity index is 4770. The second-order valence-corrected chi connectivity index (χ2v) is 22.6. The molecule has 0 nitrogen and oxygen atoms in total. The zero-order valence-electron chi connectivity index (χ0n) is 38.7. The molecule has 0 fully saturated rings. The molecular formula is C68H44. The second kappa shape index (κ2) is 9.93. The SMILES string of the molecule is CCC12C3=C4C5=c6c(cccc6=CC4CC=C3)C1(CC)c1ccc3c4ccc6c7c8c9c(ccc%10c%11ccc2c2c5c1c3c(c2%11)c(c9%10)c74)C1(CC)c2cccc3cc4cccc(c4c-8c23)C61CC. The van der Waals surface area contributed by atoms with E-state index in [-0.39, 0.29) is 21.7 Å². The van der Waals surface area contributed by atoms with E-state index in [2.05, 4.69) is 155 Å². The lowest BCUT2D eigenvalue weighted by Crippen LogP contribution is -2.53. The summed E-state index contributed by atoms with van der Waals surface area (Å²) in [5.41, 5.74) is 19.3. The Morgan fingerprint density at radius 3 is 1.38 bits per heavy atom. The van der Waals surface area contributed by atoms with Gasteiger partial charge in [-0.15, -0.1) is 0 Å². The van der Waals surface area contributed by atoms with Gasteiger partial charge >= 0.3 is 0 Å². The molecule has 12 aromatic carbocycles. The molecule has 5 atom stereocenters. The van der Waals surface area contributed by atoms with E-state index in [1.165, 1.54) is 81.0 Å². The molecule has 316 valence electrons. The van der Waals surface area contributed by atoms with Crippen molar-refractivity contribution < 1.29 is 0 Å². The van der Waals surface area contributed by atoms with Gasteiger partial charge in [-0.1, -0.05) is 149 Å². The molecule has 0 heterocycles. The van der Waals surface area contributed by atoms with Crippen molar-refractivity contribution in [2.75, 3.05) is 0 Å². The third kappa shape index (κ3) is 2.70. The second-order valence-electron chi connectivity index (χ2n) is 22.6. The number of hydrogen-bond donors (Lipinski definition) is 0. The third-order valence-electron chi connectivity index (χ3n) is 21.7. The maximum atomic E-state index is 2.69. The molecule has 0 spiro atoms. The van der Waals surface area contributed by atoms with Crippen LogP contribution in [0, 0.1) is 5.92 Å². The molecule has 68 heavy (non-hydrogen) atoms. The molecule has 16 bridgehead atoms. The Morgan fingerprint density at radius 1 is 0.412 bits per heavy atom. The summed E-state index contributed by atoms with van der Waals surface area (Å²) in [7, 11) is 0. The van der Waals surface area contributed by atoms with Crippen LogP contribution in [0.5, 0.6) is 0 Å². The van der Waals surface area contributed by atoms with Crippen molar-refractivity contribution in [1.29, 1.82) is 0 Å². The molecule has 10 aliphatic carbocycles. The van der Waals surface area contributed by atoms with Crippen LogP contribution in [0.3, 0.4) is 0 Å². The molecule has 0 N–H and O–H groups in total. The fourth-order valence-corrected chi connectivity index (χ4v) is 20.2. The molecule has 22 rings (SSSR count). The highest BCUT2D eigenvalue weighted by Gasteiger charge is 2.64. The predicted octanol–water partition coefficient (Wildman–Crippen LogP) is 15.6. The van der Waals surface area contributed by atoms with Gasteiger partial charge in [-0.2, -0.15) is 0 Å². The van der Waals surface area contributed by atoms with Gasteiger partial charge in [-0.3, -0.25) is 0 Å². The monoisotopic (exact) mass is 860 g/mol. The first kappa shape index (κ1) is 34.3. The average molecular weight is 861 g/mol. The van der Waals surface area contributed by atoms with Gasteiger partial charge in [0, 0.05) is 27.6 Å². The molecule has 0 heteroatoms. The lowest BCUT2D eigenvalue weighted by atomic mass is 9.48. The summed E-state index contributed by atoms with van der Waals surface area (Å²) in [5, 5.41) is 30.0. The van der Waals surface area contributed by atoms with Crippen LogP contribution in [-0.2, 0) is 21.7 Å². The summed E-state index contributed by atoms with van der Waals surface area (Å²) in [6, 6.07) is 46.0. The van der Waals surface area contributed by atoms with Gasteiger partial charge in [0.15, 0.2) is 0 Å². The minimum absolute atomic E-state index is 0.249. The first-order chi connectivity index (χ1) is 33.6. The number of fused-ring (bicyclic) bond motifs is 2. The Labute approximate surface area is 392 Å². The van der Waals surface area contributed by atoms with Crippen molar-refractivity contribution in [2.24, 2.45) is 5.92 Å². The summed E-state index contributed by atoms with van der Waals surface area (Å²) in [4.78, 5) is 0. The molecule has 0 saturated heterocycles. The van der Waals surface area contributed by atoms with Crippen LogP contribution in [0.2, 0.25) is 0 Å². The Balaban J connectivity index is 1.15. The lowest BCUT2D eigenvalue weighted by molar-refractivity contribution is 0.287. The van der Waals surface area contributed by atoms with Crippen LogP contribution in [0.25, 0.3) is 120 Å². The van der Waals surface area contributed by atoms with Gasteiger partial charge in [0.25, 0.3) is 0 Å². The molecule has 12 aromatic rings. The molecule has 0 amide bonds. The smallest absolute Gasteiger partial charge is 0.0350 e. The molecule has 5 unspecified atom stereocenters. The summed E-state index contributed by atoms with van der Waals surface area (Å²) in [6.45, 7) is 10.1. The fraction of sp³-hybridized carbons (Fsp3) is 0.206. The van der Waals surface area contributed by atoms with E-state index in [0.29, 0.717) is 5.92 Å². The first-order valence-corrected chi connectivity index (χ1v) is 26.0. The van der Waals surface area contributed by atoms with Gasteiger partial charge < -0.3 is 0 Å². The van der Waals surface area contributed by atoms with Crippen molar-refractivity contribution in [3.8, 4) is 11.1 Å². The van der Waals surface area contributed by atoms with Crippen molar-refractivity contribution in [2.45, 2.75) is 81.5 Å². The molecular weight excluding hydrogens is 817 g/mol. The van der Waals surface area contributed by atoms with Gasteiger partial charge in [0.1, 0.15) is 0 Å². The van der Waals surface area contributed by atoms with E-state index in [9.17, 15) is 0 Å². The highest BCUT2D eigenvalue weighted by atomic mass is 14.7. The minimum Gasteiger partial charge on any atom is -0.0833 e. The molecule has 0 radical (unpaired) electrons. The quantitative estimate of drug-likeness (QED) is 0.122. The van der Waals surface area contributed by atoms with Crippen LogP contribution in [0.4, 0.5) is 0 Å². The van der Waals surface area contributed by atoms with E-state index < -0.39 is 0 Å². The molecule has 10 aliphatic rings. The summed E-state index contributed by atoms with van der Waals surface area (Å²) >= 11 is 0. The Kier molecular flexibility index (Phi) is 5.01. The zero-order chi connectivity index (χ0) is 44.0. The van der Waals surface area contributed by atoms with Crippen LogP contribution >= 0.6 is 0 Å². The summed E-state index contributed by atoms with van der Waals surface area (Å²) in [5.74, 6) is 0.382. The van der Waals surface area contributed by atoms with Crippen LogP contribution in [-0.4, -0.2) is 0 Å². The van der Waals surface area contributed by atoms with E-state index >= 15 is 0 Å². The number of benzene rings is 12. The Hall–Kier alpha value is -7.02. The van der Waals surface area contributed by atoms with Crippen molar-refractivity contribution in [1.82, 2.24) is 0 Å². The van der Waals surface area contributed by atoms with Crippen molar-refractivity contribution >= 4 is 109 Å². The van der Waals surface area contributed by atoms with Crippen molar-refractivity contribution in [3.05, 3.63) is 187 Å². The van der Waals surface area contributed by atoms with Gasteiger partial charge in [-0.05, 0) is 218 Å². The highest BCUT2D eigenvalue weighted by Crippen LogP contribution is 2.74. The molecule has 0 aromatic heterocycles. The topological polar surface area (TPSA) is 0 Å². The van der Waals surface area contributed by atoms with E-state index in [4.69, 9.17) is 0 Å². The zero-order valence-corrected chi connectivity index (χ0v) is 38.7. The van der Waals surface area contributed by atoms with Gasteiger partial charge in [0.05, 0.1) is 0 Å². The van der Waals surface area contributed by atoms with E-state index in [1.54, 1.807) is 98.8 Å². The maximum Gasteiger partial charge on any atom is 0.0350 e. The first-order valence-electron chi connectivity index (χ1n) is 26.0.